The SMILES string of the molecule is Fc1ccccc1-c1ccc2c(n1)sc1c(-c3nc4cccc(F)c4n3-c3ccc4ccccc4c3)cccc12. The molecule has 0 radical (unpaired) electrons. The first-order chi connectivity index (χ1) is 19.7. The molecule has 0 N–H and O–H groups in total. The summed E-state index contributed by atoms with van der Waals surface area (Å²) in [6.45, 7) is 0. The number of pyridine rings is 1. The third-order valence-corrected chi connectivity index (χ3v) is 8.52. The summed E-state index contributed by atoms with van der Waals surface area (Å²) >= 11 is 1.54. The molecule has 0 saturated carbocycles. The van der Waals surface area contributed by atoms with Gasteiger partial charge in [-0.3, -0.25) is 4.57 Å². The highest BCUT2D eigenvalue weighted by Gasteiger charge is 2.21. The van der Waals surface area contributed by atoms with Gasteiger partial charge in [-0.2, -0.15) is 0 Å². The van der Waals surface area contributed by atoms with E-state index in [0.717, 1.165) is 42.3 Å². The Morgan fingerprint density at radius 2 is 1.38 bits per heavy atom. The Bertz CT molecular complexity index is 2260. The highest BCUT2D eigenvalue weighted by atomic mass is 32.1. The molecule has 0 amide bonds. The van der Waals surface area contributed by atoms with Crippen molar-refractivity contribution in [1.82, 2.24) is 14.5 Å². The average Bonchev–Trinajstić information content (AvgIpc) is 3.56. The van der Waals surface area contributed by atoms with Gasteiger partial charge in [0.2, 0.25) is 0 Å². The molecule has 0 aliphatic rings. The number of hydrogen-bond acceptors (Lipinski definition) is 3. The van der Waals surface area contributed by atoms with Crippen LogP contribution in [-0.4, -0.2) is 14.5 Å². The molecular weight excluding hydrogens is 520 g/mol. The first-order valence-corrected chi connectivity index (χ1v) is 13.7. The van der Waals surface area contributed by atoms with E-state index in [1.807, 2.05) is 59.2 Å². The van der Waals surface area contributed by atoms with Gasteiger partial charge in [0.25, 0.3) is 0 Å². The van der Waals surface area contributed by atoms with E-state index in [2.05, 4.69) is 30.3 Å². The van der Waals surface area contributed by atoms with Crippen LogP contribution in [0.2, 0.25) is 0 Å². The number of hydrogen-bond donors (Lipinski definition) is 0. The van der Waals surface area contributed by atoms with Crippen molar-refractivity contribution >= 4 is 53.4 Å². The van der Waals surface area contributed by atoms with Gasteiger partial charge in [0.05, 0.1) is 11.2 Å². The van der Waals surface area contributed by atoms with Crippen LogP contribution in [0, 0.1) is 11.6 Å². The second kappa shape index (κ2) is 8.79. The lowest BCUT2D eigenvalue weighted by atomic mass is 10.1. The maximum Gasteiger partial charge on any atom is 0.149 e. The van der Waals surface area contributed by atoms with Crippen LogP contribution in [0.25, 0.3) is 70.4 Å². The predicted molar refractivity (Wildman–Crippen MR) is 160 cm³/mol. The lowest BCUT2D eigenvalue weighted by Gasteiger charge is -2.12. The molecule has 6 heteroatoms. The Labute approximate surface area is 231 Å². The Kier molecular flexibility index (Phi) is 5.06. The average molecular weight is 540 g/mol. The number of thiophene rings is 1. The van der Waals surface area contributed by atoms with Gasteiger partial charge in [-0.1, -0.05) is 60.7 Å². The molecule has 0 atom stereocenters. The van der Waals surface area contributed by atoms with Gasteiger partial charge in [-0.05, 0) is 65.4 Å². The molecule has 3 nitrogen and oxygen atoms in total. The maximum absolute atomic E-state index is 15.4. The van der Waals surface area contributed by atoms with Crippen LogP contribution in [0.15, 0.2) is 115 Å². The van der Waals surface area contributed by atoms with Gasteiger partial charge in [0.1, 0.15) is 27.8 Å². The maximum atomic E-state index is 15.4. The second-order valence-electron chi connectivity index (χ2n) is 9.72. The molecule has 0 saturated heterocycles. The van der Waals surface area contributed by atoms with E-state index in [9.17, 15) is 4.39 Å². The molecule has 0 bridgehead atoms. The summed E-state index contributed by atoms with van der Waals surface area (Å²) in [5.41, 5.74) is 3.79. The number of nitrogens with zero attached hydrogens (tertiary/aromatic N) is 3. The minimum Gasteiger partial charge on any atom is -0.290 e. The van der Waals surface area contributed by atoms with Crippen molar-refractivity contribution in [3.05, 3.63) is 127 Å². The summed E-state index contributed by atoms with van der Waals surface area (Å²) in [6.07, 6.45) is 0. The standard InChI is InChI=1S/C34H19F2N3S/c35-27-12-4-3-9-25(27)29-18-17-24-23-10-5-11-26(32(23)40-34(24)38-29)33-37-30-14-6-13-28(36)31(30)39(33)22-16-15-20-7-1-2-8-21(20)19-22/h1-19H. The topological polar surface area (TPSA) is 30.7 Å². The Hall–Kier alpha value is -4.94. The molecular formula is C34H19F2N3S. The molecule has 5 aromatic carbocycles. The fourth-order valence-electron chi connectivity index (χ4n) is 5.51. The molecule has 0 spiro atoms. The zero-order valence-corrected chi connectivity index (χ0v) is 21.8. The van der Waals surface area contributed by atoms with Crippen LogP contribution >= 0.6 is 11.3 Å². The zero-order valence-electron chi connectivity index (χ0n) is 21.0. The van der Waals surface area contributed by atoms with Gasteiger partial charge in [-0.25, -0.2) is 18.7 Å². The van der Waals surface area contributed by atoms with E-state index >= 15 is 4.39 Å². The second-order valence-corrected chi connectivity index (χ2v) is 10.7. The summed E-state index contributed by atoms with van der Waals surface area (Å²) in [7, 11) is 0. The Morgan fingerprint density at radius 1 is 0.600 bits per heavy atom. The molecule has 190 valence electrons. The van der Waals surface area contributed by atoms with E-state index in [4.69, 9.17) is 9.97 Å². The van der Waals surface area contributed by atoms with E-state index in [1.165, 1.54) is 23.5 Å². The fraction of sp³-hybridized carbons (Fsp3) is 0. The van der Waals surface area contributed by atoms with Crippen molar-refractivity contribution in [2.45, 2.75) is 0 Å². The summed E-state index contributed by atoms with van der Waals surface area (Å²) in [5.74, 6) is 0.0215. The van der Waals surface area contributed by atoms with Crippen molar-refractivity contribution in [2.75, 3.05) is 0 Å². The molecule has 0 aliphatic carbocycles. The van der Waals surface area contributed by atoms with Gasteiger partial charge in [-0.15, -0.1) is 11.3 Å². The molecule has 8 aromatic rings. The summed E-state index contributed by atoms with van der Waals surface area (Å²) in [4.78, 5) is 10.6. The van der Waals surface area contributed by atoms with Crippen molar-refractivity contribution < 1.29 is 8.78 Å². The number of aromatic nitrogens is 3. The van der Waals surface area contributed by atoms with Crippen LogP contribution in [0.3, 0.4) is 0 Å². The van der Waals surface area contributed by atoms with Crippen LogP contribution in [0.1, 0.15) is 0 Å². The molecule has 0 unspecified atom stereocenters. The van der Waals surface area contributed by atoms with E-state index in [0.29, 0.717) is 28.1 Å². The van der Waals surface area contributed by atoms with E-state index < -0.39 is 0 Å². The van der Waals surface area contributed by atoms with Crippen LogP contribution in [0.5, 0.6) is 0 Å². The first kappa shape index (κ1) is 23.0. The van der Waals surface area contributed by atoms with Crippen molar-refractivity contribution in [1.29, 1.82) is 0 Å². The third kappa shape index (κ3) is 3.46. The lowest BCUT2D eigenvalue weighted by Crippen LogP contribution is -1.99. The number of rotatable bonds is 3. The molecule has 0 aliphatic heterocycles. The number of fused-ring (bicyclic) bond motifs is 5. The van der Waals surface area contributed by atoms with Gasteiger partial charge >= 0.3 is 0 Å². The largest absolute Gasteiger partial charge is 0.290 e. The van der Waals surface area contributed by atoms with Crippen molar-refractivity contribution in [3.8, 4) is 28.3 Å². The Morgan fingerprint density at radius 3 is 2.27 bits per heavy atom. The van der Waals surface area contributed by atoms with Crippen molar-refractivity contribution in [2.24, 2.45) is 0 Å². The normalized spacial score (nSPS) is 11.8. The zero-order chi connectivity index (χ0) is 26.8. The number of benzene rings is 5. The monoisotopic (exact) mass is 539 g/mol. The highest BCUT2D eigenvalue weighted by molar-refractivity contribution is 7.26. The van der Waals surface area contributed by atoms with Crippen molar-refractivity contribution in [3.63, 3.8) is 0 Å². The predicted octanol–water partition coefficient (Wildman–Crippen LogP) is 9.55. The number of imidazole rings is 1. The molecule has 3 heterocycles. The minimum atomic E-state index is -0.330. The molecule has 8 rings (SSSR count). The van der Waals surface area contributed by atoms with Gasteiger partial charge in [0, 0.05) is 32.3 Å². The third-order valence-electron chi connectivity index (χ3n) is 7.37. The highest BCUT2D eigenvalue weighted by Crippen LogP contribution is 2.41. The summed E-state index contributed by atoms with van der Waals surface area (Å²) in [5, 5.41) is 4.19. The lowest BCUT2D eigenvalue weighted by molar-refractivity contribution is 0.631. The van der Waals surface area contributed by atoms with Crippen LogP contribution in [0.4, 0.5) is 8.78 Å². The Balaban J connectivity index is 1.40. The first-order valence-electron chi connectivity index (χ1n) is 12.9. The summed E-state index contributed by atoms with van der Waals surface area (Å²) in [6, 6.07) is 35.9. The van der Waals surface area contributed by atoms with Crippen LogP contribution in [-0.2, 0) is 0 Å². The quantitative estimate of drug-likeness (QED) is 0.224. The summed E-state index contributed by atoms with van der Waals surface area (Å²) < 4.78 is 32.8. The molecule has 40 heavy (non-hydrogen) atoms. The molecule has 0 fully saturated rings. The van der Waals surface area contributed by atoms with Gasteiger partial charge in [0.15, 0.2) is 0 Å². The van der Waals surface area contributed by atoms with E-state index in [1.54, 1.807) is 18.2 Å². The van der Waals surface area contributed by atoms with E-state index in [-0.39, 0.29) is 11.6 Å². The smallest absolute Gasteiger partial charge is 0.149 e. The van der Waals surface area contributed by atoms with Gasteiger partial charge < -0.3 is 0 Å². The number of para-hydroxylation sites is 1. The van der Waals surface area contributed by atoms with Crippen LogP contribution < -0.4 is 0 Å². The molecule has 3 aromatic heterocycles. The number of halogens is 2. The minimum absolute atomic E-state index is 0.303. The fourth-order valence-corrected chi connectivity index (χ4v) is 6.69.